The maximum Gasteiger partial charge on any atom is 0.194 e. The Morgan fingerprint density at radius 1 is 0.633 bits per heavy atom. The Morgan fingerprint density at radius 2 is 1.10 bits per heavy atom. The predicted octanol–water partition coefficient (Wildman–Crippen LogP) is 8.64. The van der Waals surface area contributed by atoms with E-state index in [9.17, 15) is 22.0 Å². The summed E-state index contributed by atoms with van der Waals surface area (Å²) in [6.45, 7) is 2.31. The van der Waals surface area contributed by atoms with Crippen molar-refractivity contribution in [2.45, 2.75) is 64.2 Å². The zero-order chi connectivity index (χ0) is 21.4. The van der Waals surface area contributed by atoms with E-state index >= 15 is 0 Å². The minimum atomic E-state index is -1.65. The van der Waals surface area contributed by atoms with Gasteiger partial charge in [-0.15, -0.1) is 0 Å². The van der Waals surface area contributed by atoms with E-state index in [-0.39, 0.29) is 14.3 Å². The lowest BCUT2D eigenvalue weighted by Gasteiger charge is -2.37. The average molecular weight is 427 g/mol. The molecule has 0 nitrogen and oxygen atoms in total. The molecule has 0 heterocycles. The normalized spacial score (nSPS) is 27.3. The quantitative estimate of drug-likeness (QED) is 0.340. The Balaban J connectivity index is 0.00000181. The summed E-state index contributed by atoms with van der Waals surface area (Å²) in [5.41, 5.74) is -0.280. The highest BCUT2D eigenvalue weighted by Crippen LogP contribution is 2.44. The van der Waals surface area contributed by atoms with Crippen LogP contribution in [-0.4, -0.2) is 0 Å². The maximum absolute atomic E-state index is 14.7. The van der Waals surface area contributed by atoms with Crippen LogP contribution in [0, 0.1) is 46.8 Å². The largest absolute Gasteiger partial charge is 0.206 e. The Labute approximate surface area is 177 Å². The highest BCUT2D eigenvalue weighted by molar-refractivity contribution is 5.65. The van der Waals surface area contributed by atoms with Gasteiger partial charge in [0.05, 0.1) is 5.56 Å². The molecule has 2 aromatic carbocycles. The van der Waals surface area contributed by atoms with Gasteiger partial charge in [0.1, 0.15) is 11.6 Å². The van der Waals surface area contributed by atoms with E-state index < -0.39 is 34.6 Å². The third-order valence-electron chi connectivity index (χ3n) is 7.31. The van der Waals surface area contributed by atoms with Crippen molar-refractivity contribution < 1.29 is 24.8 Å². The van der Waals surface area contributed by atoms with E-state index in [1.165, 1.54) is 37.8 Å². The van der Waals surface area contributed by atoms with Crippen molar-refractivity contribution in [3.05, 3.63) is 58.9 Å². The van der Waals surface area contributed by atoms with Crippen molar-refractivity contribution in [3.8, 4) is 11.1 Å². The lowest BCUT2D eigenvalue weighted by molar-refractivity contribution is 0.165. The van der Waals surface area contributed by atoms with Crippen molar-refractivity contribution in [2.75, 3.05) is 0 Å². The van der Waals surface area contributed by atoms with Crippen LogP contribution in [0.25, 0.3) is 11.1 Å². The fourth-order valence-corrected chi connectivity index (χ4v) is 5.49. The molecule has 0 amide bonds. The molecule has 0 saturated heterocycles. The molecular weight excluding hydrogens is 395 g/mol. The summed E-state index contributed by atoms with van der Waals surface area (Å²) in [6, 6.07) is 3.78. The molecule has 2 aromatic rings. The van der Waals surface area contributed by atoms with Gasteiger partial charge in [0.25, 0.3) is 0 Å². The first kappa shape index (κ1) is 21.3. The Hall–Kier alpha value is -1.91. The second-order valence-corrected chi connectivity index (χ2v) is 9.25. The first-order chi connectivity index (χ1) is 14.3. The molecule has 2 fully saturated rings. The highest BCUT2D eigenvalue weighted by Gasteiger charge is 2.31. The predicted molar refractivity (Wildman–Crippen MR) is 112 cm³/mol. The van der Waals surface area contributed by atoms with Crippen molar-refractivity contribution in [1.82, 2.24) is 0 Å². The van der Waals surface area contributed by atoms with Crippen LogP contribution in [0.4, 0.5) is 22.0 Å². The molecule has 0 atom stereocenters. The minimum Gasteiger partial charge on any atom is -0.206 e. The fourth-order valence-electron chi connectivity index (χ4n) is 5.49. The molecule has 2 saturated carbocycles. The topological polar surface area (TPSA) is 0 Å². The van der Waals surface area contributed by atoms with E-state index in [0.29, 0.717) is 23.6 Å². The first-order valence-electron chi connectivity index (χ1n) is 11.0. The summed E-state index contributed by atoms with van der Waals surface area (Å²) in [4.78, 5) is 0. The fraction of sp³-hybridized carbons (Fsp3) is 0.520. The Kier molecular flexibility index (Phi) is 6.17. The van der Waals surface area contributed by atoms with Crippen LogP contribution in [-0.2, 0) is 0 Å². The van der Waals surface area contributed by atoms with Crippen LogP contribution >= 0.6 is 0 Å². The van der Waals surface area contributed by atoms with Crippen molar-refractivity contribution >= 4 is 0 Å². The molecule has 166 valence electrons. The van der Waals surface area contributed by atoms with E-state index in [0.717, 1.165) is 37.5 Å². The number of hydrogen-bond donors (Lipinski definition) is 0. The zero-order valence-electron chi connectivity index (χ0n) is 17.2. The number of benzene rings is 2. The lowest BCUT2D eigenvalue weighted by Crippen LogP contribution is -2.24. The van der Waals surface area contributed by atoms with Gasteiger partial charge in [0, 0.05) is 2.85 Å². The van der Waals surface area contributed by atoms with E-state index in [4.69, 9.17) is 0 Å². The molecule has 0 unspecified atom stereocenters. The van der Waals surface area contributed by atoms with E-state index in [2.05, 4.69) is 6.92 Å². The minimum absolute atomic E-state index is 0. The van der Waals surface area contributed by atoms with E-state index in [1.807, 2.05) is 0 Å². The van der Waals surface area contributed by atoms with E-state index in [1.54, 1.807) is 0 Å². The summed E-state index contributed by atoms with van der Waals surface area (Å²) in [5, 5.41) is 0. The van der Waals surface area contributed by atoms with Crippen LogP contribution in [0.1, 0.15) is 72.6 Å². The molecule has 30 heavy (non-hydrogen) atoms. The molecule has 0 spiro atoms. The Morgan fingerprint density at radius 3 is 1.60 bits per heavy atom. The van der Waals surface area contributed by atoms with Gasteiger partial charge in [0.2, 0.25) is 0 Å². The lowest BCUT2D eigenvalue weighted by atomic mass is 9.68. The molecular formula is C25H31F5. The molecule has 0 aliphatic heterocycles. The average Bonchev–Trinajstić information content (AvgIpc) is 2.72. The van der Waals surface area contributed by atoms with Crippen LogP contribution in [0.2, 0.25) is 0 Å². The van der Waals surface area contributed by atoms with Crippen LogP contribution in [0.3, 0.4) is 0 Å². The number of hydrogen-bond acceptors (Lipinski definition) is 0. The maximum atomic E-state index is 14.7. The SMILES string of the molecule is CC1CCC(C2CCC(c3cc(F)c(-c4cc(F)c(F)c(F)c4)c(F)c3)CC2)CC1.[HH].[HH]. The van der Waals surface area contributed by atoms with Crippen molar-refractivity contribution in [1.29, 1.82) is 0 Å². The number of rotatable bonds is 3. The summed E-state index contributed by atoms with van der Waals surface area (Å²) in [7, 11) is 0. The van der Waals surface area contributed by atoms with Gasteiger partial charge >= 0.3 is 0 Å². The molecule has 2 aliphatic carbocycles. The number of halogens is 5. The van der Waals surface area contributed by atoms with Gasteiger partial charge in [-0.3, -0.25) is 0 Å². The first-order valence-corrected chi connectivity index (χ1v) is 11.0. The van der Waals surface area contributed by atoms with Crippen molar-refractivity contribution in [3.63, 3.8) is 0 Å². The molecule has 0 bridgehead atoms. The summed E-state index contributed by atoms with van der Waals surface area (Å²) in [6.07, 6.45) is 9.12. The second-order valence-electron chi connectivity index (χ2n) is 9.25. The molecule has 0 radical (unpaired) electrons. The smallest absolute Gasteiger partial charge is 0.194 e. The molecule has 5 heteroatoms. The van der Waals surface area contributed by atoms with Gasteiger partial charge in [-0.2, -0.15) is 0 Å². The molecule has 2 aliphatic rings. The van der Waals surface area contributed by atoms with Gasteiger partial charge in [-0.25, -0.2) is 22.0 Å². The van der Waals surface area contributed by atoms with Crippen molar-refractivity contribution in [2.24, 2.45) is 17.8 Å². The Bertz CT molecular complexity index is 871. The summed E-state index contributed by atoms with van der Waals surface area (Å²) in [5.74, 6) is -3.95. The van der Waals surface area contributed by atoms with Gasteiger partial charge in [-0.1, -0.05) is 19.8 Å². The monoisotopic (exact) mass is 426 g/mol. The van der Waals surface area contributed by atoms with Crippen LogP contribution in [0.15, 0.2) is 24.3 Å². The summed E-state index contributed by atoms with van der Waals surface area (Å²) >= 11 is 0. The van der Waals surface area contributed by atoms with Gasteiger partial charge < -0.3 is 0 Å². The highest BCUT2D eigenvalue weighted by atomic mass is 19.2. The summed E-state index contributed by atoms with van der Waals surface area (Å²) < 4.78 is 69.7. The third-order valence-corrected chi connectivity index (χ3v) is 7.31. The molecule has 4 rings (SSSR count). The van der Waals surface area contributed by atoms with Gasteiger partial charge in [-0.05, 0) is 97.6 Å². The van der Waals surface area contributed by atoms with Crippen LogP contribution in [0.5, 0.6) is 0 Å². The van der Waals surface area contributed by atoms with Gasteiger partial charge in [0.15, 0.2) is 17.5 Å². The van der Waals surface area contributed by atoms with Crippen LogP contribution < -0.4 is 0 Å². The second kappa shape index (κ2) is 8.68. The molecule has 0 aromatic heterocycles. The standard InChI is InChI=1S/C25H27F5.2H2/c1-14-2-4-15(5-3-14)16-6-8-17(9-7-16)18-10-20(26)24(21(27)11-18)19-12-22(28)25(30)23(29)13-19;;/h10-17H,2-9H2,1H3;2*1H. The third kappa shape index (κ3) is 4.26. The molecule has 0 N–H and O–H groups in total. The zero-order valence-corrected chi connectivity index (χ0v) is 17.2.